The second-order valence-electron chi connectivity index (χ2n) is 29.6. The molecular formula is C70H111F5O25. The van der Waals surface area contributed by atoms with Crippen molar-refractivity contribution in [3.05, 3.63) is 0 Å². The van der Waals surface area contributed by atoms with Crippen LogP contribution in [0.25, 0.3) is 0 Å². The summed E-state index contributed by atoms with van der Waals surface area (Å²) in [5, 5.41) is 0. The van der Waals surface area contributed by atoms with Crippen LogP contribution in [0.5, 0.6) is 0 Å². The molecule has 1 spiro atoms. The zero-order chi connectivity index (χ0) is 75.9. The summed E-state index contributed by atoms with van der Waals surface area (Å²) in [6.07, 6.45) is -3.90. The van der Waals surface area contributed by atoms with Crippen LogP contribution >= 0.6 is 0 Å². The third-order valence-corrected chi connectivity index (χ3v) is 20.1. The van der Waals surface area contributed by atoms with Crippen LogP contribution in [0, 0.1) is 33.5 Å². The number of carbonyl (C=O) groups excluding carboxylic acids is 9. The minimum absolute atomic E-state index is 0.00397. The lowest BCUT2D eigenvalue weighted by Gasteiger charge is -2.46. The zero-order valence-electron chi connectivity index (χ0n) is 62.0. The van der Waals surface area contributed by atoms with Crippen molar-refractivity contribution in [2.75, 3.05) is 66.1 Å². The summed E-state index contributed by atoms with van der Waals surface area (Å²) in [6.45, 7) is 34.7. The molecule has 2 bridgehead atoms. The number of ether oxygens (including phenoxy) is 16. The van der Waals surface area contributed by atoms with Crippen molar-refractivity contribution in [3.63, 3.8) is 0 Å². The maximum atomic E-state index is 14.5. The Morgan fingerprint density at radius 1 is 0.650 bits per heavy atom. The molecule has 0 aromatic carbocycles. The lowest BCUT2D eigenvalue weighted by Crippen LogP contribution is -2.64. The molecule has 6 saturated heterocycles. The molecule has 0 radical (unpaired) electrons. The van der Waals surface area contributed by atoms with Gasteiger partial charge >= 0.3 is 66.0 Å². The zero-order valence-corrected chi connectivity index (χ0v) is 62.0. The number of carbonyl (C=O) groups is 9. The van der Waals surface area contributed by atoms with Gasteiger partial charge in [-0.1, -0.05) is 62.3 Å². The van der Waals surface area contributed by atoms with Crippen LogP contribution in [0.4, 0.5) is 26.7 Å². The minimum atomic E-state index is -4.30. The third-order valence-electron chi connectivity index (χ3n) is 20.1. The van der Waals surface area contributed by atoms with Gasteiger partial charge in [-0.25, -0.2) is 14.4 Å². The molecule has 1 aliphatic carbocycles. The summed E-state index contributed by atoms with van der Waals surface area (Å²) in [5.74, 6) is -10.4. The van der Waals surface area contributed by atoms with E-state index in [9.17, 15) is 65.1 Å². The Morgan fingerprint density at radius 2 is 1.18 bits per heavy atom. The molecule has 7 rings (SSSR count). The Bertz CT molecular complexity index is 2800. The summed E-state index contributed by atoms with van der Waals surface area (Å²) in [6, 6.07) is 0. The first kappa shape index (κ1) is 86.8. The number of fused-ring (bicyclic) bond motifs is 4. The second kappa shape index (κ2) is 35.3. The highest BCUT2D eigenvalue weighted by Gasteiger charge is 2.68. The van der Waals surface area contributed by atoms with Crippen LogP contribution in [-0.2, 0) is 114 Å². The molecular weight excluding hydrogens is 1340 g/mol. The summed E-state index contributed by atoms with van der Waals surface area (Å²) in [5.41, 5.74) is -9.36. The highest BCUT2D eigenvalue weighted by atomic mass is 19.4. The Kier molecular flexibility index (Phi) is 30.6. The van der Waals surface area contributed by atoms with Crippen molar-refractivity contribution >= 4 is 53.9 Å². The minimum Gasteiger partial charge on any atom is -0.465 e. The first-order valence-corrected chi connectivity index (χ1v) is 34.9. The number of halogens is 5. The molecule has 14 atom stereocenters. The SMILES string of the molecule is CCC(C)(COC(C)C(C)C)C(=O)OC12CC3OC(=O)OC3C(C1)OC2=O.CCC(C)(COCCC(F)(F)F)C(=O)OCC1COC2(COC(=O)C2)O1.CCC(CC)OCC(C)(CC)C(=O)OC1(C)CC(C)(C)OC(=O)C1(F)F.CCCOCC(C)(CC)C(=O)OC1(C)CCOC(=O)C1C. The van der Waals surface area contributed by atoms with Gasteiger partial charge in [-0.05, 0) is 120 Å². The molecule has 7 fully saturated rings. The first-order chi connectivity index (χ1) is 46.2. The monoisotopic (exact) mass is 1450 g/mol. The maximum absolute atomic E-state index is 14.5. The first-order valence-electron chi connectivity index (χ1n) is 34.9. The fourth-order valence-corrected chi connectivity index (χ4v) is 11.2. The Hall–Kier alpha value is -5.56. The maximum Gasteiger partial charge on any atom is 0.509 e. The van der Waals surface area contributed by atoms with Crippen LogP contribution < -0.4 is 0 Å². The average Bonchev–Trinajstić information content (AvgIpc) is 1.34. The quantitative estimate of drug-likeness (QED) is 0.0279. The van der Waals surface area contributed by atoms with Gasteiger partial charge in [0.05, 0.1) is 92.5 Å². The standard InChI is InChI=1S/C19H32F2O5.C19H28O8.C16H23F3O7.C16H28O5/c1-8-13(9-2)24-12-17(6,10-3)14(22)26-18(7)11-16(4,5)25-15(23)19(18,20)21;1-6-18(5,9-23-11(4)10(2)3)15(20)27-19-7-12(24-16(19)21)14-13(8-19)25-17(22)26-14;1-3-14(2,9-22-5-4-16(17,18)19)13(21)23-7-11-8-25-15(26-11)6-12(20)24-10-15;1-6-9-19-11-15(4,7-2)14(18)21-16(5)8-10-20-13(17)12(16)3/h13H,8-12H2,1-7H3;10-14H,6-9H2,1-5H3;11H,3-10H2,1-2H3;12H,6-11H2,1-5H3. The molecule has 100 heavy (non-hydrogen) atoms. The highest BCUT2D eigenvalue weighted by molar-refractivity contribution is 5.88. The van der Waals surface area contributed by atoms with Gasteiger partial charge in [0, 0.05) is 32.3 Å². The van der Waals surface area contributed by atoms with Gasteiger partial charge in [0.15, 0.2) is 17.8 Å². The topological polar surface area (TPSA) is 301 Å². The van der Waals surface area contributed by atoms with E-state index in [0.29, 0.717) is 57.8 Å². The van der Waals surface area contributed by atoms with Crippen molar-refractivity contribution < 1.29 is 141 Å². The van der Waals surface area contributed by atoms with E-state index in [-0.39, 0.29) is 89.5 Å². The van der Waals surface area contributed by atoms with Gasteiger partial charge in [-0.2, -0.15) is 22.0 Å². The molecule has 30 heteroatoms. The number of alkyl halides is 5. The van der Waals surface area contributed by atoms with Gasteiger partial charge in [0.1, 0.15) is 43.0 Å². The van der Waals surface area contributed by atoms with Crippen LogP contribution in [-0.4, -0.2) is 197 Å². The van der Waals surface area contributed by atoms with Crippen LogP contribution in [0.2, 0.25) is 0 Å². The second-order valence-corrected chi connectivity index (χ2v) is 29.6. The van der Waals surface area contributed by atoms with E-state index >= 15 is 0 Å². The molecule has 0 aromatic heterocycles. The summed E-state index contributed by atoms with van der Waals surface area (Å²) in [7, 11) is 0. The Balaban J connectivity index is 0.000000284. The van der Waals surface area contributed by atoms with E-state index in [1.165, 1.54) is 13.8 Å². The smallest absolute Gasteiger partial charge is 0.465 e. The summed E-state index contributed by atoms with van der Waals surface area (Å²) < 4.78 is 151. The Morgan fingerprint density at radius 3 is 1.71 bits per heavy atom. The van der Waals surface area contributed by atoms with Gasteiger partial charge in [0.2, 0.25) is 11.4 Å². The molecule has 25 nitrogen and oxygen atoms in total. The van der Waals surface area contributed by atoms with Gasteiger partial charge in [-0.15, -0.1) is 0 Å². The fourth-order valence-electron chi connectivity index (χ4n) is 11.2. The number of hydrogen-bond donors (Lipinski definition) is 0. The highest BCUT2D eigenvalue weighted by Crippen LogP contribution is 2.49. The fraction of sp³-hybridized carbons (Fsp3) is 0.871. The van der Waals surface area contributed by atoms with Crippen molar-refractivity contribution in [3.8, 4) is 0 Å². The summed E-state index contributed by atoms with van der Waals surface area (Å²) >= 11 is 0. The van der Waals surface area contributed by atoms with E-state index in [2.05, 4.69) is 0 Å². The molecule has 576 valence electrons. The van der Waals surface area contributed by atoms with E-state index in [1.54, 1.807) is 48.5 Å². The lowest BCUT2D eigenvalue weighted by atomic mass is 9.81. The van der Waals surface area contributed by atoms with E-state index in [4.69, 9.17) is 75.8 Å². The van der Waals surface area contributed by atoms with E-state index < -0.39 is 147 Å². The number of esters is 8. The largest absolute Gasteiger partial charge is 0.509 e. The van der Waals surface area contributed by atoms with Crippen LogP contribution in [0.3, 0.4) is 0 Å². The molecule has 6 heterocycles. The van der Waals surface area contributed by atoms with Crippen molar-refractivity contribution in [2.24, 2.45) is 33.5 Å². The Labute approximate surface area is 584 Å². The van der Waals surface area contributed by atoms with Crippen LogP contribution in [0.15, 0.2) is 0 Å². The predicted molar refractivity (Wildman–Crippen MR) is 343 cm³/mol. The van der Waals surface area contributed by atoms with Crippen molar-refractivity contribution in [1.29, 1.82) is 0 Å². The third kappa shape index (κ3) is 22.2. The van der Waals surface area contributed by atoms with Crippen LogP contribution in [0.1, 0.15) is 215 Å². The summed E-state index contributed by atoms with van der Waals surface area (Å²) in [4.78, 5) is 109. The molecule has 1 saturated carbocycles. The molecule has 0 amide bonds. The molecule has 6 aliphatic heterocycles. The molecule has 0 N–H and O–H groups in total. The molecule has 0 aromatic rings. The average molecular weight is 1450 g/mol. The van der Waals surface area contributed by atoms with Gasteiger partial charge in [0.25, 0.3) is 0 Å². The number of rotatable bonds is 30. The molecule has 14 unspecified atom stereocenters. The van der Waals surface area contributed by atoms with Crippen molar-refractivity contribution in [1.82, 2.24) is 0 Å². The normalized spacial score (nSPS) is 29.8. The van der Waals surface area contributed by atoms with Gasteiger partial charge in [-0.3, -0.25) is 28.8 Å². The lowest BCUT2D eigenvalue weighted by molar-refractivity contribution is -0.265. The predicted octanol–water partition coefficient (Wildman–Crippen LogP) is 11.3. The van der Waals surface area contributed by atoms with Crippen molar-refractivity contribution in [2.45, 2.75) is 292 Å². The number of hydrogen-bond acceptors (Lipinski definition) is 25. The van der Waals surface area contributed by atoms with E-state index in [0.717, 1.165) is 26.2 Å². The number of cyclic esters (lactones) is 3. The molecule has 7 aliphatic rings. The van der Waals surface area contributed by atoms with E-state index in [1.807, 2.05) is 62.3 Å². The van der Waals surface area contributed by atoms with Gasteiger partial charge < -0.3 is 75.8 Å².